The van der Waals surface area contributed by atoms with Crippen LogP contribution in [0.15, 0.2) is 18.2 Å². The fourth-order valence-corrected chi connectivity index (χ4v) is 2.09. The zero-order valence-corrected chi connectivity index (χ0v) is 10.0. The van der Waals surface area contributed by atoms with Gasteiger partial charge in [0.05, 0.1) is 11.6 Å². The molecule has 0 aromatic heterocycles. The van der Waals surface area contributed by atoms with E-state index in [-0.39, 0.29) is 5.82 Å². The van der Waals surface area contributed by atoms with Crippen molar-refractivity contribution < 1.29 is 4.39 Å². The predicted molar refractivity (Wildman–Crippen MR) is 64.7 cm³/mol. The summed E-state index contributed by atoms with van der Waals surface area (Å²) in [6.45, 7) is 3.84. The van der Waals surface area contributed by atoms with Crippen molar-refractivity contribution in [2.75, 3.05) is 6.54 Å². The van der Waals surface area contributed by atoms with E-state index >= 15 is 0 Å². The summed E-state index contributed by atoms with van der Waals surface area (Å²) in [5.41, 5.74) is 1.22. The number of benzene rings is 1. The molecule has 1 aliphatic carbocycles. The van der Waals surface area contributed by atoms with Crippen LogP contribution in [0.2, 0.25) is 0 Å². The molecule has 1 saturated carbocycles. The zero-order valence-electron chi connectivity index (χ0n) is 10.0. The summed E-state index contributed by atoms with van der Waals surface area (Å²) < 4.78 is 13.2. The summed E-state index contributed by atoms with van der Waals surface area (Å²) >= 11 is 0. The second-order valence-electron chi connectivity index (χ2n) is 4.91. The minimum Gasteiger partial charge on any atom is -0.312 e. The topological polar surface area (TPSA) is 35.8 Å². The summed E-state index contributed by atoms with van der Waals surface area (Å²) in [5, 5.41) is 12.1. The van der Waals surface area contributed by atoms with E-state index in [1.165, 1.54) is 25.0 Å². The Balaban J connectivity index is 1.85. The van der Waals surface area contributed by atoms with Crippen molar-refractivity contribution in [3.05, 3.63) is 35.1 Å². The minimum atomic E-state index is -0.337. The number of nitrogens with zero attached hydrogens (tertiary/aromatic N) is 1. The first-order chi connectivity index (χ1) is 8.19. The summed E-state index contributed by atoms with van der Waals surface area (Å²) in [4.78, 5) is 0. The van der Waals surface area contributed by atoms with Gasteiger partial charge in [0.15, 0.2) is 0 Å². The Morgan fingerprint density at radius 1 is 1.47 bits per heavy atom. The first-order valence-corrected chi connectivity index (χ1v) is 6.09. The number of nitriles is 1. The van der Waals surface area contributed by atoms with Crippen LogP contribution in [-0.2, 0) is 6.54 Å². The van der Waals surface area contributed by atoms with Crippen molar-refractivity contribution in [3.8, 4) is 6.07 Å². The van der Waals surface area contributed by atoms with Crippen LogP contribution in [0.3, 0.4) is 0 Å². The highest BCUT2D eigenvalue weighted by Gasteiger charge is 2.27. The number of rotatable bonds is 5. The molecule has 2 nitrogen and oxygen atoms in total. The summed E-state index contributed by atoms with van der Waals surface area (Å²) in [6.07, 6.45) is 2.70. The van der Waals surface area contributed by atoms with Crippen molar-refractivity contribution in [1.29, 1.82) is 5.26 Å². The fraction of sp³-hybridized carbons (Fsp3) is 0.500. The maximum atomic E-state index is 13.2. The molecule has 0 heterocycles. The molecule has 2 rings (SSSR count). The first-order valence-electron chi connectivity index (χ1n) is 6.09. The standard InChI is InChI=1S/C14H17FN2/c1-10(13-2-3-13)8-17-9-12-4-11(7-16)5-14(15)6-12/h4-6,10,13,17H,2-3,8-9H2,1H3. The van der Waals surface area contributed by atoms with E-state index < -0.39 is 0 Å². The predicted octanol–water partition coefficient (Wildman–Crippen LogP) is 2.83. The van der Waals surface area contributed by atoms with E-state index in [9.17, 15) is 4.39 Å². The Hall–Kier alpha value is -1.40. The van der Waals surface area contributed by atoms with Crippen molar-refractivity contribution in [1.82, 2.24) is 5.32 Å². The van der Waals surface area contributed by atoms with Crippen molar-refractivity contribution in [2.24, 2.45) is 11.8 Å². The van der Waals surface area contributed by atoms with Gasteiger partial charge in [-0.05, 0) is 55.0 Å². The molecule has 0 radical (unpaired) electrons. The molecule has 0 saturated heterocycles. The Morgan fingerprint density at radius 3 is 2.88 bits per heavy atom. The average molecular weight is 232 g/mol. The molecule has 1 aromatic carbocycles. The van der Waals surface area contributed by atoms with E-state index in [1.807, 2.05) is 6.07 Å². The third-order valence-corrected chi connectivity index (χ3v) is 3.31. The smallest absolute Gasteiger partial charge is 0.124 e. The van der Waals surface area contributed by atoms with Gasteiger partial charge in [0.25, 0.3) is 0 Å². The van der Waals surface area contributed by atoms with Crippen LogP contribution in [0, 0.1) is 29.0 Å². The molecule has 1 atom stereocenters. The summed E-state index contributed by atoms with van der Waals surface area (Å²) in [5.74, 6) is 1.24. The van der Waals surface area contributed by atoms with Gasteiger partial charge in [-0.1, -0.05) is 6.92 Å². The van der Waals surface area contributed by atoms with Gasteiger partial charge in [0.2, 0.25) is 0 Å². The molecule has 17 heavy (non-hydrogen) atoms. The molecular formula is C14H17FN2. The quantitative estimate of drug-likeness (QED) is 0.847. The van der Waals surface area contributed by atoms with Crippen LogP contribution in [0.5, 0.6) is 0 Å². The molecule has 0 spiro atoms. The molecule has 3 heteroatoms. The van der Waals surface area contributed by atoms with Gasteiger partial charge in [0, 0.05) is 6.54 Å². The minimum absolute atomic E-state index is 0.337. The normalized spacial score (nSPS) is 16.5. The van der Waals surface area contributed by atoms with Gasteiger partial charge in [-0.25, -0.2) is 4.39 Å². The lowest BCUT2D eigenvalue weighted by Gasteiger charge is -2.11. The molecule has 1 fully saturated rings. The van der Waals surface area contributed by atoms with Gasteiger partial charge < -0.3 is 5.32 Å². The van der Waals surface area contributed by atoms with Crippen LogP contribution in [0.4, 0.5) is 4.39 Å². The maximum Gasteiger partial charge on any atom is 0.124 e. The third kappa shape index (κ3) is 3.54. The van der Waals surface area contributed by atoms with Gasteiger partial charge in [-0.3, -0.25) is 0 Å². The largest absolute Gasteiger partial charge is 0.312 e. The second kappa shape index (κ2) is 5.29. The second-order valence-corrected chi connectivity index (χ2v) is 4.91. The van der Waals surface area contributed by atoms with E-state index in [0.717, 1.165) is 18.0 Å². The van der Waals surface area contributed by atoms with Crippen LogP contribution in [-0.4, -0.2) is 6.54 Å². The number of hydrogen-bond acceptors (Lipinski definition) is 2. The van der Waals surface area contributed by atoms with Gasteiger partial charge in [-0.15, -0.1) is 0 Å². The van der Waals surface area contributed by atoms with Crippen LogP contribution in [0.1, 0.15) is 30.9 Å². The van der Waals surface area contributed by atoms with Crippen LogP contribution in [0.25, 0.3) is 0 Å². The summed E-state index contributed by atoms with van der Waals surface area (Å²) in [6, 6.07) is 6.44. The lowest BCUT2D eigenvalue weighted by molar-refractivity contribution is 0.461. The number of nitrogens with one attached hydrogen (secondary N) is 1. The molecule has 0 bridgehead atoms. The highest BCUT2D eigenvalue weighted by Crippen LogP contribution is 2.36. The molecule has 1 unspecified atom stereocenters. The Bertz CT molecular complexity index is 432. The molecule has 0 aliphatic heterocycles. The van der Waals surface area contributed by atoms with E-state index in [0.29, 0.717) is 18.0 Å². The van der Waals surface area contributed by atoms with Gasteiger partial charge in [0.1, 0.15) is 5.82 Å². The molecule has 1 N–H and O–H groups in total. The first kappa shape index (κ1) is 12.1. The van der Waals surface area contributed by atoms with Gasteiger partial charge in [-0.2, -0.15) is 5.26 Å². The number of halogens is 1. The maximum absolute atomic E-state index is 13.2. The molecule has 0 amide bonds. The Morgan fingerprint density at radius 2 is 2.24 bits per heavy atom. The molecule has 1 aromatic rings. The van der Waals surface area contributed by atoms with Gasteiger partial charge >= 0.3 is 0 Å². The highest BCUT2D eigenvalue weighted by molar-refractivity contribution is 5.33. The van der Waals surface area contributed by atoms with Crippen molar-refractivity contribution in [2.45, 2.75) is 26.3 Å². The molecule has 90 valence electrons. The van der Waals surface area contributed by atoms with Crippen molar-refractivity contribution >= 4 is 0 Å². The SMILES string of the molecule is CC(CNCc1cc(F)cc(C#N)c1)C1CC1. The van der Waals surface area contributed by atoms with Crippen LogP contribution >= 0.6 is 0 Å². The third-order valence-electron chi connectivity index (χ3n) is 3.31. The van der Waals surface area contributed by atoms with E-state index in [2.05, 4.69) is 12.2 Å². The Labute approximate surface area is 101 Å². The highest BCUT2D eigenvalue weighted by atomic mass is 19.1. The molecular weight excluding hydrogens is 215 g/mol. The zero-order chi connectivity index (χ0) is 12.3. The number of hydrogen-bond donors (Lipinski definition) is 1. The molecule has 1 aliphatic rings. The Kier molecular flexibility index (Phi) is 3.75. The van der Waals surface area contributed by atoms with E-state index in [4.69, 9.17) is 5.26 Å². The van der Waals surface area contributed by atoms with Crippen molar-refractivity contribution in [3.63, 3.8) is 0 Å². The lowest BCUT2D eigenvalue weighted by Crippen LogP contribution is -2.21. The average Bonchev–Trinajstić information content (AvgIpc) is 3.12. The fourth-order valence-electron chi connectivity index (χ4n) is 2.09. The summed E-state index contributed by atoms with van der Waals surface area (Å²) in [7, 11) is 0. The lowest BCUT2D eigenvalue weighted by atomic mass is 10.1. The van der Waals surface area contributed by atoms with E-state index in [1.54, 1.807) is 6.07 Å². The monoisotopic (exact) mass is 232 g/mol. The van der Waals surface area contributed by atoms with Crippen LogP contribution < -0.4 is 5.32 Å².